The average Bonchev–Trinajstić information content (AvgIpc) is 3.39. The predicted octanol–water partition coefficient (Wildman–Crippen LogP) is 5.07. The van der Waals surface area contributed by atoms with Crippen molar-refractivity contribution >= 4 is 23.4 Å². The van der Waals surface area contributed by atoms with E-state index < -0.39 is 5.60 Å². The highest BCUT2D eigenvalue weighted by atomic mass is 16.3. The molecule has 164 valence electrons. The molecule has 1 aromatic heterocycles. The van der Waals surface area contributed by atoms with E-state index in [1.165, 1.54) is 5.57 Å². The van der Waals surface area contributed by atoms with Crippen LogP contribution in [0, 0.1) is 5.41 Å². The fourth-order valence-corrected chi connectivity index (χ4v) is 4.62. The first kappa shape index (κ1) is 21.5. The number of hydrogen-bond donors (Lipinski definition) is 3. The smallest absolute Gasteiger partial charge is 0.291 e. The fraction of sp³-hybridized carbons (Fsp3) is 0.480. The van der Waals surface area contributed by atoms with Gasteiger partial charge in [0.2, 0.25) is 0 Å². The van der Waals surface area contributed by atoms with E-state index in [9.17, 15) is 9.90 Å². The van der Waals surface area contributed by atoms with Crippen molar-refractivity contribution < 1.29 is 9.90 Å². The van der Waals surface area contributed by atoms with Crippen LogP contribution in [0.5, 0.6) is 0 Å². The number of anilines is 1. The molecular formula is C25H32N4O2. The van der Waals surface area contributed by atoms with Crippen LogP contribution in [0.25, 0.3) is 5.57 Å². The molecule has 1 amide bonds. The van der Waals surface area contributed by atoms with Crippen LogP contribution in [-0.4, -0.2) is 34.2 Å². The van der Waals surface area contributed by atoms with E-state index in [0.29, 0.717) is 11.1 Å². The summed E-state index contributed by atoms with van der Waals surface area (Å²) in [6.45, 7) is 4.57. The van der Waals surface area contributed by atoms with Crippen molar-refractivity contribution in [3.63, 3.8) is 0 Å². The summed E-state index contributed by atoms with van der Waals surface area (Å²) in [5.41, 5.74) is 4.15. The molecule has 1 aromatic carbocycles. The third kappa shape index (κ3) is 4.64. The number of nitrogens with zero attached hydrogens (tertiary/aromatic N) is 2. The Morgan fingerprint density at radius 2 is 2.03 bits per heavy atom. The Labute approximate surface area is 183 Å². The van der Waals surface area contributed by atoms with Gasteiger partial charge >= 0.3 is 0 Å². The summed E-state index contributed by atoms with van der Waals surface area (Å²) < 4.78 is 0. The number of carbonyl (C=O) groups excluding carboxylic acids is 1. The second-order valence-electron chi connectivity index (χ2n) is 9.63. The third-order valence-corrected chi connectivity index (χ3v) is 6.63. The summed E-state index contributed by atoms with van der Waals surface area (Å²) >= 11 is 0. The predicted molar refractivity (Wildman–Crippen MR) is 124 cm³/mol. The quantitative estimate of drug-likeness (QED) is 0.590. The highest BCUT2D eigenvalue weighted by Gasteiger charge is 2.34. The second-order valence-corrected chi connectivity index (χ2v) is 9.63. The van der Waals surface area contributed by atoms with Crippen molar-refractivity contribution in [1.82, 2.24) is 9.97 Å². The van der Waals surface area contributed by atoms with E-state index >= 15 is 0 Å². The van der Waals surface area contributed by atoms with Crippen molar-refractivity contribution in [3.05, 3.63) is 53.1 Å². The van der Waals surface area contributed by atoms with E-state index in [1.807, 2.05) is 12.1 Å². The molecule has 31 heavy (non-hydrogen) atoms. The van der Waals surface area contributed by atoms with Crippen molar-refractivity contribution in [3.8, 4) is 0 Å². The maximum absolute atomic E-state index is 12.9. The van der Waals surface area contributed by atoms with Gasteiger partial charge in [0.1, 0.15) is 0 Å². The van der Waals surface area contributed by atoms with Crippen LogP contribution in [0.3, 0.4) is 0 Å². The van der Waals surface area contributed by atoms with E-state index in [1.54, 1.807) is 19.5 Å². The first-order valence-corrected chi connectivity index (χ1v) is 11.1. The number of rotatable bonds is 5. The largest absolute Gasteiger partial charge is 0.385 e. The number of nitrogens with one attached hydrogen (secondary N) is 2. The van der Waals surface area contributed by atoms with Gasteiger partial charge in [0, 0.05) is 24.5 Å². The van der Waals surface area contributed by atoms with E-state index in [4.69, 9.17) is 0 Å². The van der Waals surface area contributed by atoms with Gasteiger partial charge in [-0.25, -0.2) is 4.98 Å². The standard InChI is InChI=1S/C25H32N4O2/c1-24(2)12-8-17(9-13-24)20-14-18(25(31)10-4-5-11-25)6-7-21(20)29-23(30)22-27-16-19(28-22)15-26-3/h6-8,14-16,31H,4-5,9-13H2,1-3H3,(H,27,28)(H,29,30). The number of aromatic nitrogens is 2. The molecule has 0 unspecified atom stereocenters. The molecular weight excluding hydrogens is 388 g/mol. The normalized spacial score (nSPS) is 20.1. The number of benzene rings is 1. The number of aliphatic hydroxyl groups is 1. The number of carbonyl (C=O) groups is 1. The number of imidazole rings is 1. The molecule has 0 bridgehead atoms. The zero-order valence-electron chi connectivity index (χ0n) is 18.7. The van der Waals surface area contributed by atoms with Crippen molar-refractivity contribution in [2.24, 2.45) is 10.4 Å². The van der Waals surface area contributed by atoms with E-state index in [-0.39, 0.29) is 11.7 Å². The number of aromatic amines is 1. The lowest BCUT2D eigenvalue weighted by molar-refractivity contribution is 0.0445. The molecule has 1 heterocycles. The molecule has 0 spiro atoms. The van der Waals surface area contributed by atoms with Gasteiger partial charge in [-0.15, -0.1) is 0 Å². The Morgan fingerprint density at radius 3 is 2.71 bits per heavy atom. The van der Waals surface area contributed by atoms with Crippen LogP contribution in [0.1, 0.15) is 86.2 Å². The summed E-state index contributed by atoms with van der Waals surface area (Å²) in [5, 5.41) is 14.2. The summed E-state index contributed by atoms with van der Waals surface area (Å²) in [7, 11) is 1.67. The van der Waals surface area contributed by atoms with Crippen LogP contribution in [0.15, 0.2) is 35.5 Å². The maximum Gasteiger partial charge on any atom is 0.291 e. The van der Waals surface area contributed by atoms with Gasteiger partial charge in [-0.1, -0.05) is 38.8 Å². The maximum atomic E-state index is 12.9. The molecule has 4 rings (SSSR count). The Kier molecular flexibility index (Phi) is 5.84. The lowest BCUT2D eigenvalue weighted by atomic mass is 9.76. The van der Waals surface area contributed by atoms with E-state index in [0.717, 1.165) is 61.8 Å². The van der Waals surface area contributed by atoms with Gasteiger partial charge in [0.25, 0.3) is 5.91 Å². The number of allylic oxidation sites excluding steroid dienone is 2. The molecule has 0 radical (unpaired) electrons. The topological polar surface area (TPSA) is 90.4 Å². The van der Waals surface area contributed by atoms with Gasteiger partial charge in [0.15, 0.2) is 5.82 Å². The number of amides is 1. The molecule has 0 aliphatic heterocycles. The Bertz CT molecular complexity index is 1030. The summed E-state index contributed by atoms with van der Waals surface area (Å²) in [6, 6.07) is 5.97. The van der Waals surface area contributed by atoms with Crippen LogP contribution >= 0.6 is 0 Å². The molecule has 1 saturated carbocycles. The number of H-pyrrole nitrogens is 1. The fourth-order valence-electron chi connectivity index (χ4n) is 4.62. The first-order valence-electron chi connectivity index (χ1n) is 11.1. The number of hydrogen-bond acceptors (Lipinski definition) is 4. The van der Waals surface area contributed by atoms with Gasteiger partial charge < -0.3 is 15.4 Å². The molecule has 2 aromatic rings. The molecule has 1 fully saturated rings. The number of aliphatic imine (C=N–C) groups is 1. The highest BCUT2D eigenvalue weighted by molar-refractivity contribution is 6.03. The molecule has 3 N–H and O–H groups in total. The molecule has 6 nitrogen and oxygen atoms in total. The Balaban J connectivity index is 1.67. The Morgan fingerprint density at radius 1 is 1.26 bits per heavy atom. The zero-order chi connectivity index (χ0) is 22.1. The minimum Gasteiger partial charge on any atom is -0.385 e. The SMILES string of the molecule is CN=Cc1cnc(C(=O)Nc2ccc(C3(O)CCCC3)cc2C2=CCC(C)(C)CC2)[nH]1. The van der Waals surface area contributed by atoms with Crippen molar-refractivity contribution in [2.45, 2.75) is 64.4 Å². The zero-order valence-corrected chi connectivity index (χ0v) is 18.7. The third-order valence-electron chi connectivity index (χ3n) is 6.63. The molecule has 2 aliphatic carbocycles. The lowest BCUT2D eigenvalue weighted by Crippen LogP contribution is -2.22. The minimum atomic E-state index is -0.763. The second kappa shape index (κ2) is 8.42. The molecule has 2 aliphatic rings. The minimum absolute atomic E-state index is 0.248. The van der Waals surface area contributed by atoms with Crippen LogP contribution < -0.4 is 5.32 Å². The van der Waals surface area contributed by atoms with Crippen LogP contribution in [0.2, 0.25) is 0 Å². The average molecular weight is 421 g/mol. The van der Waals surface area contributed by atoms with Gasteiger partial charge in [-0.05, 0) is 60.8 Å². The van der Waals surface area contributed by atoms with Crippen LogP contribution in [-0.2, 0) is 5.60 Å². The highest BCUT2D eigenvalue weighted by Crippen LogP contribution is 2.43. The lowest BCUT2D eigenvalue weighted by Gasteiger charge is -2.30. The monoisotopic (exact) mass is 420 g/mol. The first-order chi connectivity index (χ1) is 14.8. The van der Waals surface area contributed by atoms with Gasteiger partial charge in [-0.3, -0.25) is 9.79 Å². The summed E-state index contributed by atoms with van der Waals surface area (Å²) in [4.78, 5) is 23.9. The van der Waals surface area contributed by atoms with E-state index in [2.05, 4.69) is 46.3 Å². The van der Waals surface area contributed by atoms with Gasteiger partial charge in [0.05, 0.1) is 17.5 Å². The van der Waals surface area contributed by atoms with Gasteiger partial charge in [-0.2, -0.15) is 0 Å². The summed E-state index contributed by atoms with van der Waals surface area (Å²) in [6.07, 6.45) is 12.2. The molecule has 0 saturated heterocycles. The molecule has 6 heteroatoms. The Hall–Kier alpha value is -2.73. The van der Waals surface area contributed by atoms with Crippen LogP contribution in [0.4, 0.5) is 5.69 Å². The molecule has 0 atom stereocenters. The van der Waals surface area contributed by atoms with Crippen molar-refractivity contribution in [1.29, 1.82) is 0 Å². The summed E-state index contributed by atoms with van der Waals surface area (Å²) in [5.74, 6) is -0.0424. The van der Waals surface area contributed by atoms with Crippen molar-refractivity contribution in [2.75, 3.05) is 12.4 Å².